The maximum Gasteiger partial charge on any atom is 0.0641 e. The van der Waals surface area contributed by atoms with Gasteiger partial charge in [0.05, 0.1) is 5.69 Å². The highest BCUT2D eigenvalue weighted by Gasteiger charge is 2.08. The van der Waals surface area contributed by atoms with Crippen LogP contribution in [0.3, 0.4) is 0 Å². The quantitative estimate of drug-likeness (QED) is 0.882. The van der Waals surface area contributed by atoms with Crippen LogP contribution in [0.4, 0.5) is 0 Å². The van der Waals surface area contributed by atoms with Gasteiger partial charge in [0.25, 0.3) is 0 Å². The molecular weight excluding hydrogens is 218 g/mol. The fourth-order valence-electron chi connectivity index (χ4n) is 1.80. The molecule has 0 bridgehead atoms. The summed E-state index contributed by atoms with van der Waals surface area (Å²) in [5.41, 5.74) is 5.04. The van der Waals surface area contributed by atoms with Gasteiger partial charge in [0.15, 0.2) is 0 Å². The zero-order valence-electron chi connectivity index (χ0n) is 9.95. The lowest BCUT2D eigenvalue weighted by molar-refractivity contribution is 0.685. The van der Waals surface area contributed by atoms with Crippen LogP contribution in [-0.4, -0.2) is 9.78 Å². The highest BCUT2D eigenvalue weighted by Crippen LogP contribution is 2.12. The van der Waals surface area contributed by atoms with E-state index in [1.165, 1.54) is 16.8 Å². The molecule has 0 unspecified atom stereocenters. The Bertz CT molecular complexity index is 457. The topological polar surface area (TPSA) is 29.9 Å². The molecule has 1 N–H and O–H groups in total. The van der Waals surface area contributed by atoms with Gasteiger partial charge in [0.2, 0.25) is 0 Å². The summed E-state index contributed by atoms with van der Waals surface area (Å²) in [7, 11) is 1.99. The molecule has 2 aromatic rings. The molecule has 0 aliphatic rings. The Hall–Kier alpha value is -1.13. The van der Waals surface area contributed by atoms with Crippen LogP contribution < -0.4 is 5.32 Å². The van der Waals surface area contributed by atoms with Gasteiger partial charge in [-0.25, -0.2) is 0 Å². The molecule has 2 rings (SSSR count). The molecule has 4 heteroatoms. The molecule has 2 heterocycles. The predicted molar refractivity (Wildman–Crippen MR) is 67.5 cm³/mol. The minimum absolute atomic E-state index is 0.890. The van der Waals surface area contributed by atoms with Gasteiger partial charge < -0.3 is 5.32 Å². The van der Waals surface area contributed by atoms with E-state index in [9.17, 15) is 0 Å². The first-order valence-corrected chi connectivity index (χ1v) is 6.33. The van der Waals surface area contributed by atoms with E-state index in [1.54, 1.807) is 11.3 Å². The lowest BCUT2D eigenvalue weighted by Gasteiger charge is -2.04. The normalized spacial score (nSPS) is 10.9. The molecule has 2 aromatic heterocycles. The van der Waals surface area contributed by atoms with Crippen molar-refractivity contribution in [1.82, 2.24) is 15.1 Å². The summed E-state index contributed by atoms with van der Waals surface area (Å²) < 4.78 is 1.94. The van der Waals surface area contributed by atoms with Crippen LogP contribution in [0, 0.1) is 13.8 Å². The Morgan fingerprint density at radius 1 is 1.38 bits per heavy atom. The highest BCUT2D eigenvalue weighted by atomic mass is 32.1. The minimum Gasteiger partial charge on any atom is -0.308 e. The van der Waals surface area contributed by atoms with Crippen molar-refractivity contribution < 1.29 is 0 Å². The van der Waals surface area contributed by atoms with Crippen molar-refractivity contribution in [2.24, 2.45) is 7.05 Å². The van der Waals surface area contributed by atoms with Crippen molar-refractivity contribution in [2.75, 3.05) is 0 Å². The zero-order valence-corrected chi connectivity index (χ0v) is 10.8. The lowest BCUT2D eigenvalue weighted by Crippen LogP contribution is -2.13. The Balaban J connectivity index is 1.95. The van der Waals surface area contributed by atoms with Crippen LogP contribution in [0.1, 0.15) is 22.5 Å². The SMILES string of the molecule is Cc1nn(C)c(C)c1CNCc1ccsc1. The molecule has 0 spiro atoms. The van der Waals surface area contributed by atoms with Crippen LogP contribution in [0.2, 0.25) is 0 Å². The number of nitrogens with zero attached hydrogens (tertiary/aromatic N) is 2. The van der Waals surface area contributed by atoms with Crippen molar-refractivity contribution in [3.63, 3.8) is 0 Å². The molecule has 0 aromatic carbocycles. The smallest absolute Gasteiger partial charge is 0.0641 e. The zero-order chi connectivity index (χ0) is 11.5. The summed E-state index contributed by atoms with van der Waals surface area (Å²) in [6, 6.07) is 2.15. The molecule has 3 nitrogen and oxygen atoms in total. The number of rotatable bonds is 4. The third-order valence-electron chi connectivity index (χ3n) is 2.87. The summed E-state index contributed by atoms with van der Waals surface area (Å²) in [6.07, 6.45) is 0. The van der Waals surface area contributed by atoms with Gasteiger partial charge in [0, 0.05) is 31.4 Å². The largest absolute Gasteiger partial charge is 0.308 e. The maximum atomic E-state index is 4.40. The molecule has 16 heavy (non-hydrogen) atoms. The Morgan fingerprint density at radius 2 is 2.19 bits per heavy atom. The molecule has 0 amide bonds. The molecule has 0 saturated heterocycles. The standard InChI is InChI=1S/C12H17N3S/c1-9-12(10(2)15(3)14-9)7-13-6-11-4-5-16-8-11/h4-5,8,13H,6-7H2,1-3H3. The highest BCUT2D eigenvalue weighted by molar-refractivity contribution is 7.07. The number of aromatic nitrogens is 2. The number of nitrogens with one attached hydrogen (secondary N) is 1. The minimum atomic E-state index is 0.890. The van der Waals surface area contributed by atoms with Gasteiger partial charge in [0.1, 0.15) is 0 Å². The van der Waals surface area contributed by atoms with Crippen LogP contribution in [-0.2, 0) is 20.1 Å². The number of thiophene rings is 1. The van der Waals surface area contributed by atoms with E-state index < -0.39 is 0 Å². The lowest BCUT2D eigenvalue weighted by atomic mass is 10.2. The van der Waals surface area contributed by atoms with Gasteiger partial charge >= 0.3 is 0 Å². The second-order valence-electron chi connectivity index (χ2n) is 4.01. The second-order valence-corrected chi connectivity index (χ2v) is 4.79. The van der Waals surface area contributed by atoms with E-state index in [0.29, 0.717) is 0 Å². The maximum absolute atomic E-state index is 4.40. The summed E-state index contributed by atoms with van der Waals surface area (Å²) in [4.78, 5) is 0. The third-order valence-corrected chi connectivity index (χ3v) is 3.60. The molecular formula is C12H17N3S. The first-order chi connectivity index (χ1) is 7.68. The monoisotopic (exact) mass is 235 g/mol. The van der Waals surface area contributed by atoms with Crippen LogP contribution in [0.25, 0.3) is 0 Å². The molecule has 86 valence electrons. The average Bonchev–Trinajstić information content (AvgIpc) is 2.82. The molecule has 0 radical (unpaired) electrons. The third kappa shape index (κ3) is 2.33. The molecule has 0 saturated carbocycles. The van der Waals surface area contributed by atoms with E-state index in [-0.39, 0.29) is 0 Å². The van der Waals surface area contributed by atoms with E-state index in [4.69, 9.17) is 0 Å². The Morgan fingerprint density at radius 3 is 2.75 bits per heavy atom. The van der Waals surface area contributed by atoms with Crippen molar-refractivity contribution >= 4 is 11.3 Å². The Kier molecular flexibility index (Phi) is 3.41. The van der Waals surface area contributed by atoms with E-state index in [0.717, 1.165) is 18.8 Å². The van der Waals surface area contributed by atoms with Crippen LogP contribution >= 0.6 is 11.3 Å². The summed E-state index contributed by atoms with van der Waals surface area (Å²) in [6.45, 7) is 5.99. The average molecular weight is 235 g/mol. The van der Waals surface area contributed by atoms with E-state index in [1.807, 2.05) is 11.7 Å². The van der Waals surface area contributed by atoms with Gasteiger partial charge in [-0.15, -0.1) is 0 Å². The molecule has 0 aliphatic carbocycles. The van der Waals surface area contributed by atoms with Crippen molar-refractivity contribution in [1.29, 1.82) is 0 Å². The first kappa shape index (κ1) is 11.4. The second kappa shape index (κ2) is 4.80. The number of hydrogen-bond acceptors (Lipinski definition) is 3. The predicted octanol–water partition coefficient (Wildman–Crippen LogP) is 2.39. The van der Waals surface area contributed by atoms with Gasteiger partial charge in [-0.05, 0) is 36.2 Å². The van der Waals surface area contributed by atoms with Crippen molar-refractivity contribution in [3.8, 4) is 0 Å². The molecule has 0 fully saturated rings. The van der Waals surface area contributed by atoms with Crippen LogP contribution in [0.15, 0.2) is 16.8 Å². The van der Waals surface area contributed by atoms with Gasteiger partial charge in [-0.1, -0.05) is 0 Å². The number of aryl methyl sites for hydroxylation is 2. The fourth-order valence-corrected chi connectivity index (χ4v) is 2.47. The molecule has 0 aliphatic heterocycles. The van der Waals surface area contributed by atoms with Gasteiger partial charge in [-0.3, -0.25) is 4.68 Å². The molecule has 0 atom stereocenters. The first-order valence-electron chi connectivity index (χ1n) is 5.39. The van der Waals surface area contributed by atoms with Crippen molar-refractivity contribution in [3.05, 3.63) is 39.3 Å². The van der Waals surface area contributed by atoms with Gasteiger partial charge in [-0.2, -0.15) is 16.4 Å². The van der Waals surface area contributed by atoms with Crippen molar-refractivity contribution in [2.45, 2.75) is 26.9 Å². The Labute approximate surface area is 100 Å². The van der Waals surface area contributed by atoms with E-state index >= 15 is 0 Å². The summed E-state index contributed by atoms with van der Waals surface area (Å²) >= 11 is 1.74. The summed E-state index contributed by atoms with van der Waals surface area (Å²) in [5, 5.41) is 12.1. The fraction of sp³-hybridized carbons (Fsp3) is 0.417. The van der Waals surface area contributed by atoms with Crippen LogP contribution in [0.5, 0.6) is 0 Å². The van der Waals surface area contributed by atoms with E-state index in [2.05, 4.69) is 41.1 Å². The number of hydrogen-bond donors (Lipinski definition) is 1. The summed E-state index contributed by atoms with van der Waals surface area (Å²) in [5.74, 6) is 0.